The molecule has 2 aromatic heterocycles. The van der Waals surface area contributed by atoms with E-state index in [1.165, 1.54) is 18.0 Å². The summed E-state index contributed by atoms with van der Waals surface area (Å²) < 4.78 is 21.9. The number of nitrogens with zero attached hydrogens (tertiary/aromatic N) is 2. The average Bonchev–Trinajstić information content (AvgIpc) is 3.48. The van der Waals surface area contributed by atoms with Crippen LogP contribution in [-0.4, -0.2) is 34.6 Å². The molecule has 1 aliphatic rings. The lowest BCUT2D eigenvalue weighted by molar-refractivity contribution is -0.139. The second kappa shape index (κ2) is 10.3. The highest BCUT2D eigenvalue weighted by molar-refractivity contribution is 7.99. The summed E-state index contributed by atoms with van der Waals surface area (Å²) in [4.78, 5) is 24.9. The van der Waals surface area contributed by atoms with E-state index in [2.05, 4.69) is 20.8 Å². The molecule has 11 heteroatoms. The Hall–Kier alpha value is -3.73. The number of nitrogens with one attached hydrogen (secondary N) is 2. The molecule has 0 aliphatic carbocycles. The maximum Gasteiger partial charge on any atom is 0.338 e. The molecule has 1 unspecified atom stereocenters. The van der Waals surface area contributed by atoms with E-state index < -0.39 is 18.0 Å². The summed E-state index contributed by atoms with van der Waals surface area (Å²) in [5.41, 5.74) is 1.71. The first-order valence-electron chi connectivity index (χ1n) is 10.2. The van der Waals surface area contributed by atoms with E-state index >= 15 is 0 Å². The van der Waals surface area contributed by atoms with Crippen LogP contribution in [0.3, 0.4) is 0 Å². The third-order valence-corrected chi connectivity index (χ3v) is 5.46. The molecule has 2 amide bonds. The van der Waals surface area contributed by atoms with Gasteiger partial charge in [0.05, 0.1) is 18.4 Å². The van der Waals surface area contributed by atoms with Crippen LogP contribution in [0.25, 0.3) is 0 Å². The van der Waals surface area contributed by atoms with Crippen molar-refractivity contribution in [1.29, 1.82) is 0 Å². The van der Waals surface area contributed by atoms with Gasteiger partial charge in [-0.05, 0) is 43.7 Å². The van der Waals surface area contributed by atoms with E-state index in [0.717, 1.165) is 5.56 Å². The molecule has 0 spiro atoms. The highest BCUT2D eigenvalue weighted by Crippen LogP contribution is 2.30. The van der Waals surface area contributed by atoms with Gasteiger partial charge < -0.3 is 28.9 Å². The number of thioether (sulfide) groups is 1. The maximum absolute atomic E-state index is 12.7. The van der Waals surface area contributed by atoms with Crippen LogP contribution >= 0.6 is 11.8 Å². The van der Waals surface area contributed by atoms with Crippen LogP contribution in [0.5, 0.6) is 5.75 Å². The molecule has 0 radical (unpaired) electrons. The van der Waals surface area contributed by atoms with E-state index in [-0.39, 0.29) is 29.8 Å². The second-order valence-corrected chi connectivity index (χ2v) is 7.94. The fourth-order valence-electron chi connectivity index (χ4n) is 3.19. The van der Waals surface area contributed by atoms with Gasteiger partial charge in [0.25, 0.3) is 11.1 Å². The number of aryl methyl sites for hydroxylation is 1. The summed E-state index contributed by atoms with van der Waals surface area (Å²) in [6, 6.07) is 9.75. The highest BCUT2D eigenvalue weighted by atomic mass is 32.2. The van der Waals surface area contributed by atoms with Gasteiger partial charge >= 0.3 is 12.0 Å². The highest BCUT2D eigenvalue weighted by Gasteiger charge is 2.35. The lowest BCUT2D eigenvalue weighted by atomic mass is 10.0. The zero-order valence-electron chi connectivity index (χ0n) is 18.0. The van der Waals surface area contributed by atoms with E-state index in [4.69, 9.17) is 18.3 Å². The zero-order chi connectivity index (χ0) is 23.2. The van der Waals surface area contributed by atoms with Crippen molar-refractivity contribution in [2.45, 2.75) is 31.7 Å². The molecule has 172 valence electrons. The molecule has 0 saturated carbocycles. The van der Waals surface area contributed by atoms with Crippen molar-refractivity contribution in [2.75, 3.05) is 12.4 Å². The van der Waals surface area contributed by atoms with E-state index in [0.29, 0.717) is 23.1 Å². The number of aromatic nitrogens is 2. The summed E-state index contributed by atoms with van der Waals surface area (Å²) in [5.74, 6) is 1.07. The van der Waals surface area contributed by atoms with Crippen molar-refractivity contribution in [3.8, 4) is 5.75 Å². The molecule has 3 heterocycles. The molecular formula is C22H22N4O6S. The number of carbonyl (C=O) groups excluding carboxylic acids is 2. The second-order valence-electron chi connectivity index (χ2n) is 7.02. The summed E-state index contributed by atoms with van der Waals surface area (Å²) in [6.07, 6.45) is 1.47. The van der Waals surface area contributed by atoms with Gasteiger partial charge in [-0.3, -0.25) is 0 Å². The Balaban J connectivity index is 1.47. The predicted molar refractivity (Wildman–Crippen MR) is 117 cm³/mol. The molecule has 4 rings (SSSR count). The molecule has 1 aliphatic heterocycles. The average molecular weight is 471 g/mol. The predicted octanol–water partition coefficient (Wildman–Crippen LogP) is 3.51. The Labute approximate surface area is 193 Å². The molecule has 0 saturated heterocycles. The smallest absolute Gasteiger partial charge is 0.338 e. The summed E-state index contributed by atoms with van der Waals surface area (Å²) in [7, 11) is 0. The van der Waals surface area contributed by atoms with Crippen LogP contribution in [0.15, 0.2) is 68.0 Å². The zero-order valence-corrected chi connectivity index (χ0v) is 18.8. The third-order valence-electron chi connectivity index (χ3n) is 4.62. The topological polar surface area (TPSA) is 129 Å². The number of benzene rings is 1. The Morgan fingerprint density at radius 3 is 2.88 bits per heavy atom. The standard InChI is InChI=1S/C22H22N4O6S/c1-3-29-20(27)18-15(23-21(28)24-19(18)16-8-5-9-30-16)12-33-22-26-25-17(32-22)11-31-14-7-4-6-13(2)10-14/h4-10,19H,3,11-12H2,1-2H3,(H2,23,24,28). The van der Waals surface area contributed by atoms with Crippen molar-refractivity contribution in [2.24, 2.45) is 0 Å². The van der Waals surface area contributed by atoms with Crippen LogP contribution < -0.4 is 15.4 Å². The Morgan fingerprint density at radius 2 is 2.12 bits per heavy atom. The van der Waals surface area contributed by atoms with Gasteiger partial charge in [-0.1, -0.05) is 23.9 Å². The van der Waals surface area contributed by atoms with Crippen molar-refractivity contribution >= 4 is 23.8 Å². The summed E-state index contributed by atoms with van der Waals surface area (Å²) in [6.45, 7) is 4.00. The lowest BCUT2D eigenvalue weighted by Crippen LogP contribution is -2.46. The number of furan rings is 1. The van der Waals surface area contributed by atoms with Crippen LogP contribution in [0.4, 0.5) is 4.79 Å². The van der Waals surface area contributed by atoms with Crippen molar-refractivity contribution in [3.05, 3.63) is 71.1 Å². The molecule has 10 nitrogen and oxygen atoms in total. The fourth-order valence-corrected chi connectivity index (χ4v) is 3.94. The van der Waals surface area contributed by atoms with E-state index in [9.17, 15) is 9.59 Å². The number of rotatable bonds is 9. The SMILES string of the molecule is CCOC(=O)C1=C(CSc2nnc(COc3cccc(C)c3)o2)NC(=O)NC1c1ccco1. The number of hydrogen-bond donors (Lipinski definition) is 2. The first-order chi connectivity index (χ1) is 16.0. The minimum atomic E-state index is -0.774. The Bertz CT molecular complexity index is 1160. The van der Waals surface area contributed by atoms with Gasteiger partial charge in [0.15, 0.2) is 6.61 Å². The molecule has 33 heavy (non-hydrogen) atoms. The van der Waals surface area contributed by atoms with Gasteiger partial charge in [0.2, 0.25) is 0 Å². The first kappa shape index (κ1) is 22.5. The number of ether oxygens (including phenoxy) is 2. The molecule has 1 atom stereocenters. The molecule has 0 fully saturated rings. The van der Waals surface area contributed by atoms with Crippen LogP contribution in [-0.2, 0) is 16.1 Å². The Morgan fingerprint density at radius 1 is 1.24 bits per heavy atom. The van der Waals surface area contributed by atoms with Crippen molar-refractivity contribution < 1.29 is 27.9 Å². The first-order valence-corrected chi connectivity index (χ1v) is 11.2. The molecule has 0 bridgehead atoms. The third kappa shape index (κ3) is 5.55. The Kier molecular flexibility index (Phi) is 6.98. The van der Waals surface area contributed by atoms with E-state index in [1.54, 1.807) is 19.1 Å². The van der Waals surface area contributed by atoms with Gasteiger partial charge in [0.1, 0.15) is 17.6 Å². The summed E-state index contributed by atoms with van der Waals surface area (Å²) >= 11 is 1.18. The van der Waals surface area contributed by atoms with Crippen molar-refractivity contribution in [1.82, 2.24) is 20.8 Å². The molecule has 3 aromatic rings. The molecule has 2 N–H and O–H groups in total. The monoisotopic (exact) mass is 470 g/mol. The van der Waals surface area contributed by atoms with Gasteiger partial charge in [-0.15, -0.1) is 10.2 Å². The van der Waals surface area contributed by atoms with Crippen LogP contribution in [0.2, 0.25) is 0 Å². The maximum atomic E-state index is 12.7. The molecule has 1 aromatic carbocycles. The van der Waals surface area contributed by atoms with Crippen LogP contribution in [0, 0.1) is 6.92 Å². The number of esters is 1. The van der Waals surface area contributed by atoms with Gasteiger partial charge in [0, 0.05) is 11.4 Å². The van der Waals surface area contributed by atoms with E-state index in [1.807, 2.05) is 31.2 Å². The number of urea groups is 1. The van der Waals surface area contributed by atoms with Gasteiger partial charge in [-0.2, -0.15) is 0 Å². The number of amides is 2. The van der Waals surface area contributed by atoms with Crippen LogP contribution in [0.1, 0.15) is 30.2 Å². The number of carbonyl (C=O) groups is 2. The molecular weight excluding hydrogens is 448 g/mol. The fraction of sp³-hybridized carbons (Fsp3) is 0.273. The minimum absolute atomic E-state index is 0.120. The lowest BCUT2D eigenvalue weighted by Gasteiger charge is -2.27. The summed E-state index contributed by atoms with van der Waals surface area (Å²) in [5, 5.41) is 13.6. The minimum Gasteiger partial charge on any atom is -0.484 e. The van der Waals surface area contributed by atoms with Crippen molar-refractivity contribution in [3.63, 3.8) is 0 Å². The quantitative estimate of drug-likeness (QED) is 0.356. The van der Waals surface area contributed by atoms with Gasteiger partial charge in [-0.25, -0.2) is 9.59 Å². The normalized spacial score (nSPS) is 15.7. The number of hydrogen-bond acceptors (Lipinski definition) is 9. The largest absolute Gasteiger partial charge is 0.484 e.